The Labute approximate surface area is 47.9 Å². The third-order valence-electron chi connectivity index (χ3n) is 0.325. The summed E-state index contributed by atoms with van der Waals surface area (Å²) in [5, 5.41) is 8.19. The van der Waals surface area contributed by atoms with Crippen molar-refractivity contribution in [1.82, 2.24) is 0 Å². The second-order valence-corrected chi connectivity index (χ2v) is 1.06. The summed E-state index contributed by atoms with van der Waals surface area (Å²) in [5.74, 6) is -1.25. The molecule has 1 fully saturated rings. The van der Waals surface area contributed by atoms with Crippen LogP contribution < -0.4 is 0 Å². The van der Waals surface area contributed by atoms with Gasteiger partial charge in [-0.3, -0.25) is 0 Å². The standard InChI is InChI=1S/C2H4O3.Zn/c1-2(3)4-5-2;/h3H,1H3;. The summed E-state index contributed by atoms with van der Waals surface area (Å²) in [6, 6.07) is 0. The summed E-state index contributed by atoms with van der Waals surface area (Å²) in [6.07, 6.45) is 0. The Kier molecular flexibility index (Phi) is 1.67. The molecule has 32 valence electrons. The summed E-state index contributed by atoms with van der Waals surface area (Å²) in [6.45, 7) is 1.41. The zero-order valence-electron chi connectivity index (χ0n) is 3.47. The molecule has 1 aliphatic rings. The minimum Gasteiger partial charge on any atom is -0.340 e. The van der Waals surface area contributed by atoms with Crippen molar-refractivity contribution >= 4 is 0 Å². The molecule has 0 bridgehead atoms. The van der Waals surface area contributed by atoms with E-state index in [1.165, 1.54) is 6.92 Å². The molecule has 0 atom stereocenters. The van der Waals surface area contributed by atoms with Crippen molar-refractivity contribution in [2.24, 2.45) is 0 Å². The van der Waals surface area contributed by atoms with Crippen LogP contribution in [0.5, 0.6) is 0 Å². The Balaban J connectivity index is 0.000000250. The maximum atomic E-state index is 8.19. The monoisotopic (exact) mass is 140 g/mol. The molecule has 1 rings (SSSR count). The van der Waals surface area contributed by atoms with Crippen LogP contribution >= 0.6 is 0 Å². The quantitative estimate of drug-likeness (QED) is 0.284. The molecule has 1 heterocycles. The first-order chi connectivity index (χ1) is 2.21. The number of aliphatic hydroxyl groups is 1. The fourth-order valence-corrected chi connectivity index (χ4v) is 0.0603. The van der Waals surface area contributed by atoms with Crippen molar-refractivity contribution in [2.45, 2.75) is 12.9 Å². The Morgan fingerprint density at radius 3 is 1.67 bits per heavy atom. The van der Waals surface area contributed by atoms with Crippen LogP contribution in [0, 0.1) is 0 Å². The van der Waals surface area contributed by atoms with Gasteiger partial charge in [0.2, 0.25) is 0 Å². The zero-order valence-corrected chi connectivity index (χ0v) is 6.44. The van der Waals surface area contributed by atoms with Gasteiger partial charge in [0.05, 0.1) is 0 Å². The molecule has 4 heteroatoms. The van der Waals surface area contributed by atoms with Crippen molar-refractivity contribution in [1.29, 1.82) is 0 Å². The van der Waals surface area contributed by atoms with E-state index >= 15 is 0 Å². The second kappa shape index (κ2) is 1.54. The van der Waals surface area contributed by atoms with Crippen LogP contribution in [0.3, 0.4) is 0 Å². The van der Waals surface area contributed by atoms with Crippen LogP contribution in [0.1, 0.15) is 6.92 Å². The van der Waals surface area contributed by atoms with Gasteiger partial charge in [0.1, 0.15) is 0 Å². The van der Waals surface area contributed by atoms with Gasteiger partial charge in [0.15, 0.2) is 0 Å². The third-order valence-corrected chi connectivity index (χ3v) is 0.325. The first-order valence-corrected chi connectivity index (χ1v) is 1.30. The van der Waals surface area contributed by atoms with E-state index in [0.717, 1.165) is 0 Å². The summed E-state index contributed by atoms with van der Waals surface area (Å²) in [4.78, 5) is 7.90. The molecule has 1 saturated heterocycles. The topological polar surface area (TPSA) is 45.3 Å². The van der Waals surface area contributed by atoms with Gasteiger partial charge in [-0.25, -0.2) is 0 Å². The van der Waals surface area contributed by atoms with Gasteiger partial charge in [0, 0.05) is 26.4 Å². The van der Waals surface area contributed by atoms with E-state index in [-0.39, 0.29) is 19.5 Å². The van der Waals surface area contributed by atoms with Crippen LogP contribution in [-0.2, 0) is 29.3 Å². The van der Waals surface area contributed by atoms with E-state index in [1.807, 2.05) is 0 Å². The van der Waals surface area contributed by atoms with E-state index in [9.17, 15) is 0 Å². The molecule has 0 saturated carbocycles. The van der Waals surface area contributed by atoms with Crippen molar-refractivity contribution in [2.75, 3.05) is 0 Å². The van der Waals surface area contributed by atoms with Gasteiger partial charge in [-0.05, 0) is 0 Å². The van der Waals surface area contributed by atoms with Crippen LogP contribution in [0.25, 0.3) is 0 Å². The predicted octanol–water partition coefficient (Wildman–Crippen LogP) is -0.388. The molecule has 0 amide bonds. The smallest absolute Gasteiger partial charge is 0.334 e. The summed E-state index contributed by atoms with van der Waals surface area (Å²) in [7, 11) is 0. The van der Waals surface area contributed by atoms with Crippen molar-refractivity contribution < 1.29 is 34.4 Å². The van der Waals surface area contributed by atoms with Gasteiger partial charge >= 0.3 is 5.97 Å². The van der Waals surface area contributed by atoms with Crippen molar-refractivity contribution in [3.8, 4) is 0 Å². The summed E-state index contributed by atoms with van der Waals surface area (Å²) >= 11 is 0. The Morgan fingerprint density at radius 2 is 1.67 bits per heavy atom. The minimum absolute atomic E-state index is 0. The Hall–Kier alpha value is 0.503. The third kappa shape index (κ3) is 1.82. The largest absolute Gasteiger partial charge is 0.340 e. The molecule has 1 aliphatic heterocycles. The predicted molar refractivity (Wildman–Crippen MR) is 12.8 cm³/mol. The first-order valence-electron chi connectivity index (χ1n) is 1.30. The van der Waals surface area contributed by atoms with Gasteiger partial charge in [0.25, 0.3) is 0 Å². The molecule has 0 aromatic carbocycles. The van der Waals surface area contributed by atoms with Gasteiger partial charge in [-0.2, -0.15) is 9.78 Å². The Bertz CT molecular complexity index is 46.8. The van der Waals surface area contributed by atoms with Gasteiger partial charge < -0.3 is 5.11 Å². The molecule has 0 unspecified atom stereocenters. The molecule has 0 aromatic heterocycles. The second-order valence-electron chi connectivity index (χ2n) is 1.06. The average Bonchev–Trinajstić information content (AvgIpc) is 1.76. The molecule has 0 spiro atoms. The van der Waals surface area contributed by atoms with Gasteiger partial charge in [-0.15, -0.1) is 0 Å². The number of hydrogen-bond acceptors (Lipinski definition) is 3. The maximum Gasteiger partial charge on any atom is 0.334 e. The maximum absolute atomic E-state index is 8.19. The molecule has 0 aliphatic carbocycles. The van der Waals surface area contributed by atoms with Crippen LogP contribution in [-0.4, -0.2) is 11.1 Å². The van der Waals surface area contributed by atoms with E-state index in [0.29, 0.717) is 0 Å². The zero-order chi connectivity index (χ0) is 3.91. The first kappa shape index (κ1) is 6.50. The van der Waals surface area contributed by atoms with Crippen LogP contribution in [0.2, 0.25) is 0 Å². The van der Waals surface area contributed by atoms with E-state index in [4.69, 9.17) is 5.11 Å². The average molecular weight is 141 g/mol. The minimum atomic E-state index is -1.25. The molecule has 6 heavy (non-hydrogen) atoms. The molecule has 0 aromatic rings. The normalized spacial score (nSPS) is 25.0. The number of rotatable bonds is 0. The van der Waals surface area contributed by atoms with E-state index in [2.05, 4.69) is 9.78 Å². The fourth-order valence-electron chi connectivity index (χ4n) is 0.0603. The molecular weight excluding hydrogens is 137 g/mol. The number of hydrogen-bond donors (Lipinski definition) is 1. The summed E-state index contributed by atoms with van der Waals surface area (Å²) in [5.41, 5.74) is 0. The fraction of sp³-hybridized carbons (Fsp3) is 1.00. The molecule has 0 radical (unpaired) electrons. The van der Waals surface area contributed by atoms with Crippen molar-refractivity contribution in [3.05, 3.63) is 0 Å². The molecular formula is C2H4O3Zn. The van der Waals surface area contributed by atoms with E-state index < -0.39 is 5.97 Å². The van der Waals surface area contributed by atoms with Crippen molar-refractivity contribution in [3.63, 3.8) is 0 Å². The van der Waals surface area contributed by atoms with Crippen LogP contribution in [0.15, 0.2) is 0 Å². The SMILES string of the molecule is CC1(O)OO1.[Zn]. The molecule has 3 nitrogen and oxygen atoms in total. The molecule has 1 N–H and O–H groups in total. The Morgan fingerprint density at radius 1 is 1.50 bits per heavy atom. The van der Waals surface area contributed by atoms with Crippen LogP contribution in [0.4, 0.5) is 0 Å². The van der Waals surface area contributed by atoms with Gasteiger partial charge in [-0.1, -0.05) is 0 Å². The van der Waals surface area contributed by atoms with E-state index in [1.54, 1.807) is 0 Å². The summed E-state index contributed by atoms with van der Waals surface area (Å²) < 4.78 is 0.